The monoisotopic (exact) mass is 222 g/mol. The second kappa shape index (κ2) is 4.73. The zero-order valence-corrected chi connectivity index (χ0v) is 10.4. The van der Waals surface area contributed by atoms with Crippen molar-refractivity contribution in [2.75, 3.05) is 20.2 Å². The second-order valence-corrected chi connectivity index (χ2v) is 5.50. The lowest BCUT2D eigenvalue weighted by atomic mass is 9.73. The van der Waals surface area contributed by atoms with E-state index in [2.05, 4.69) is 18.0 Å². The fourth-order valence-corrected chi connectivity index (χ4v) is 2.92. The summed E-state index contributed by atoms with van der Waals surface area (Å²) in [5.74, 6) is 0.130. The van der Waals surface area contributed by atoms with Gasteiger partial charge in [-0.2, -0.15) is 5.26 Å². The molecule has 0 radical (unpaired) electrons. The Labute approximate surface area is 98.4 Å². The van der Waals surface area contributed by atoms with E-state index < -0.39 is 0 Å². The number of hydrogen-bond acceptors (Lipinski definition) is 3. The first-order chi connectivity index (χ1) is 7.65. The maximum atomic E-state index is 8.84. The molecule has 0 bridgehead atoms. The number of ether oxygens (including phenoxy) is 1. The van der Waals surface area contributed by atoms with Gasteiger partial charge in [-0.15, -0.1) is 0 Å². The smallest absolute Gasteiger partial charge is 0.0697 e. The zero-order chi connectivity index (χ0) is 11.6. The maximum absolute atomic E-state index is 8.84. The van der Waals surface area contributed by atoms with Gasteiger partial charge < -0.3 is 9.64 Å². The Balaban J connectivity index is 1.86. The minimum atomic E-state index is 0.130. The summed E-state index contributed by atoms with van der Waals surface area (Å²) in [5.41, 5.74) is 0.215. The quantitative estimate of drug-likeness (QED) is 0.734. The topological polar surface area (TPSA) is 36.3 Å². The number of rotatable bonds is 3. The third-order valence-corrected chi connectivity index (χ3v) is 4.14. The van der Waals surface area contributed by atoms with Gasteiger partial charge in [-0.1, -0.05) is 0 Å². The van der Waals surface area contributed by atoms with E-state index in [9.17, 15) is 0 Å². The lowest BCUT2D eigenvalue weighted by Gasteiger charge is -2.49. The van der Waals surface area contributed by atoms with Crippen molar-refractivity contribution < 1.29 is 4.74 Å². The molecule has 1 spiro atoms. The van der Waals surface area contributed by atoms with Gasteiger partial charge in [0.05, 0.1) is 17.6 Å². The molecule has 1 aliphatic carbocycles. The molecule has 1 aliphatic heterocycles. The highest BCUT2D eigenvalue weighted by Gasteiger charge is 2.43. The van der Waals surface area contributed by atoms with Crippen molar-refractivity contribution in [2.45, 2.75) is 50.7 Å². The van der Waals surface area contributed by atoms with Gasteiger partial charge in [0.25, 0.3) is 0 Å². The second-order valence-electron chi connectivity index (χ2n) is 5.50. The van der Waals surface area contributed by atoms with Crippen LogP contribution in [-0.2, 0) is 4.74 Å². The van der Waals surface area contributed by atoms with Crippen molar-refractivity contribution in [2.24, 2.45) is 5.92 Å². The maximum Gasteiger partial charge on any atom is 0.0697 e. The van der Waals surface area contributed by atoms with Crippen LogP contribution < -0.4 is 0 Å². The molecular formula is C13H22N2O. The van der Waals surface area contributed by atoms with Crippen LogP contribution in [0.2, 0.25) is 0 Å². The lowest BCUT2D eigenvalue weighted by molar-refractivity contribution is -0.147. The minimum Gasteiger partial charge on any atom is -0.375 e. The van der Waals surface area contributed by atoms with Crippen molar-refractivity contribution in [1.82, 2.24) is 4.90 Å². The van der Waals surface area contributed by atoms with Crippen LogP contribution in [0.15, 0.2) is 0 Å². The van der Waals surface area contributed by atoms with Crippen molar-refractivity contribution in [3.05, 3.63) is 0 Å². The van der Waals surface area contributed by atoms with Crippen molar-refractivity contribution >= 4 is 0 Å². The van der Waals surface area contributed by atoms with E-state index in [1.165, 1.54) is 25.7 Å². The summed E-state index contributed by atoms with van der Waals surface area (Å²) in [6.07, 6.45) is 6.10. The SMILES string of the molecule is CC(C#N)CN(C)C1CCOC2(CCC2)C1. The highest BCUT2D eigenvalue weighted by atomic mass is 16.5. The van der Waals surface area contributed by atoms with Crippen LogP contribution in [0.4, 0.5) is 0 Å². The molecular weight excluding hydrogens is 200 g/mol. The summed E-state index contributed by atoms with van der Waals surface area (Å²) in [6.45, 7) is 3.78. The lowest BCUT2D eigenvalue weighted by Crippen LogP contribution is -2.51. The molecule has 2 fully saturated rings. The Morgan fingerprint density at radius 2 is 2.31 bits per heavy atom. The molecule has 0 N–H and O–H groups in total. The normalized spacial score (nSPS) is 29.8. The van der Waals surface area contributed by atoms with Gasteiger partial charge in [0.2, 0.25) is 0 Å². The van der Waals surface area contributed by atoms with Gasteiger partial charge >= 0.3 is 0 Å². The predicted octanol–water partition coefficient (Wildman–Crippen LogP) is 2.18. The number of nitriles is 1. The molecule has 1 saturated heterocycles. The Hall–Kier alpha value is -0.590. The summed E-state index contributed by atoms with van der Waals surface area (Å²) in [4.78, 5) is 2.36. The molecule has 0 aromatic rings. The summed E-state index contributed by atoms with van der Waals surface area (Å²) >= 11 is 0. The van der Waals surface area contributed by atoms with Gasteiger partial charge in [0.15, 0.2) is 0 Å². The van der Waals surface area contributed by atoms with Gasteiger partial charge in [-0.05, 0) is 46.1 Å². The molecule has 2 rings (SSSR count). The molecule has 2 unspecified atom stereocenters. The van der Waals surface area contributed by atoms with E-state index in [0.29, 0.717) is 6.04 Å². The predicted molar refractivity (Wildman–Crippen MR) is 63.0 cm³/mol. The van der Waals surface area contributed by atoms with E-state index in [1.807, 2.05) is 6.92 Å². The fraction of sp³-hybridized carbons (Fsp3) is 0.923. The summed E-state index contributed by atoms with van der Waals surface area (Å²) in [7, 11) is 2.15. The molecule has 3 nitrogen and oxygen atoms in total. The molecule has 1 heterocycles. The highest BCUT2D eigenvalue weighted by Crippen LogP contribution is 2.43. The summed E-state index contributed by atoms with van der Waals surface area (Å²) in [6, 6.07) is 2.93. The third kappa shape index (κ3) is 2.39. The average molecular weight is 222 g/mol. The van der Waals surface area contributed by atoms with Crippen LogP contribution in [0.3, 0.4) is 0 Å². The van der Waals surface area contributed by atoms with E-state index in [-0.39, 0.29) is 11.5 Å². The van der Waals surface area contributed by atoms with Crippen LogP contribution in [0, 0.1) is 17.2 Å². The molecule has 16 heavy (non-hydrogen) atoms. The molecule has 3 heteroatoms. The van der Waals surface area contributed by atoms with Crippen LogP contribution in [0.25, 0.3) is 0 Å². The Morgan fingerprint density at radius 1 is 1.56 bits per heavy atom. The molecule has 0 aromatic heterocycles. The van der Waals surface area contributed by atoms with E-state index in [1.54, 1.807) is 0 Å². The van der Waals surface area contributed by atoms with Gasteiger partial charge in [-0.25, -0.2) is 0 Å². The van der Waals surface area contributed by atoms with Crippen LogP contribution >= 0.6 is 0 Å². The Morgan fingerprint density at radius 3 is 2.88 bits per heavy atom. The van der Waals surface area contributed by atoms with Crippen LogP contribution in [0.1, 0.15) is 39.0 Å². The first-order valence-electron chi connectivity index (χ1n) is 6.39. The standard InChI is InChI=1S/C13H22N2O/c1-11(9-14)10-15(2)12-4-7-16-13(8-12)5-3-6-13/h11-12H,3-8,10H2,1-2H3. The van der Waals surface area contributed by atoms with Crippen molar-refractivity contribution in [1.29, 1.82) is 5.26 Å². The largest absolute Gasteiger partial charge is 0.375 e. The summed E-state index contributed by atoms with van der Waals surface area (Å²) in [5, 5.41) is 8.84. The number of hydrogen-bond donors (Lipinski definition) is 0. The highest BCUT2D eigenvalue weighted by molar-refractivity contribution is 4.96. The van der Waals surface area contributed by atoms with E-state index in [0.717, 1.165) is 19.6 Å². The van der Waals surface area contributed by atoms with E-state index in [4.69, 9.17) is 10.00 Å². The average Bonchev–Trinajstić information content (AvgIpc) is 2.27. The van der Waals surface area contributed by atoms with Crippen LogP contribution in [0.5, 0.6) is 0 Å². The molecule has 90 valence electrons. The minimum absolute atomic E-state index is 0.130. The van der Waals surface area contributed by atoms with Crippen molar-refractivity contribution in [3.8, 4) is 6.07 Å². The Kier molecular flexibility index (Phi) is 3.51. The number of nitrogens with zero attached hydrogens (tertiary/aromatic N) is 2. The Bertz CT molecular complexity index is 280. The summed E-state index contributed by atoms with van der Waals surface area (Å²) < 4.78 is 5.92. The molecule has 0 aromatic carbocycles. The third-order valence-electron chi connectivity index (χ3n) is 4.14. The first kappa shape index (κ1) is 11.9. The first-order valence-corrected chi connectivity index (χ1v) is 6.39. The molecule has 2 atom stereocenters. The van der Waals surface area contributed by atoms with Gasteiger partial charge in [0, 0.05) is 19.2 Å². The molecule has 2 aliphatic rings. The van der Waals surface area contributed by atoms with Gasteiger partial charge in [0.1, 0.15) is 0 Å². The molecule has 1 saturated carbocycles. The zero-order valence-electron chi connectivity index (χ0n) is 10.4. The molecule has 0 amide bonds. The van der Waals surface area contributed by atoms with Crippen LogP contribution in [-0.4, -0.2) is 36.7 Å². The fourth-order valence-electron chi connectivity index (χ4n) is 2.92. The van der Waals surface area contributed by atoms with E-state index >= 15 is 0 Å². The van der Waals surface area contributed by atoms with Gasteiger partial charge in [-0.3, -0.25) is 0 Å². The van der Waals surface area contributed by atoms with Crippen molar-refractivity contribution in [3.63, 3.8) is 0 Å².